The summed E-state index contributed by atoms with van der Waals surface area (Å²) in [6.45, 7) is 21.3. The van der Waals surface area contributed by atoms with E-state index >= 15 is 4.79 Å². The van der Waals surface area contributed by atoms with Crippen LogP contribution in [-0.4, -0.2) is 102 Å². The Hall–Kier alpha value is -1.26. The smallest absolute Gasteiger partial charge is 0.257 e. The van der Waals surface area contributed by atoms with Crippen molar-refractivity contribution < 1.29 is 24.2 Å². The van der Waals surface area contributed by atoms with Crippen LogP contribution < -0.4 is 5.32 Å². The molecule has 2 N–H and O–H groups in total. The van der Waals surface area contributed by atoms with Gasteiger partial charge >= 0.3 is 0 Å². The van der Waals surface area contributed by atoms with Gasteiger partial charge in [0, 0.05) is 60.9 Å². The van der Waals surface area contributed by atoms with Crippen molar-refractivity contribution in [3.8, 4) is 0 Å². The van der Waals surface area contributed by atoms with Crippen LogP contribution in [0.4, 0.5) is 0 Å². The van der Waals surface area contributed by atoms with Gasteiger partial charge in [0.1, 0.15) is 11.4 Å². The van der Waals surface area contributed by atoms with Crippen molar-refractivity contribution in [3.05, 3.63) is 0 Å². The molecule has 4 saturated heterocycles. The molecule has 4 heterocycles. The predicted octanol–water partition coefficient (Wildman–Crippen LogP) is 10.2. The lowest BCUT2D eigenvalue weighted by molar-refractivity contribution is -0.204. The molecule has 0 aromatic heterocycles. The summed E-state index contributed by atoms with van der Waals surface area (Å²) in [6.07, 6.45) is 26.9. The van der Waals surface area contributed by atoms with Crippen LogP contribution in [-0.2, 0) is 19.1 Å². The van der Waals surface area contributed by atoms with E-state index in [0.717, 1.165) is 64.2 Å². The van der Waals surface area contributed by atoms with Gasteiger partial charge in [-0.15, -0.1) is 0 Å². The Morgan fingerprint density at radius 2 is 0.845 bits per heavy atom. The van der Waals surface area contributed by atoms with Crippen molar-refractivity contribution in [1.82, 2.24) is 20.0 Å². The minimum Gasteiger partial charge on any atom is -0.390 e. The third kappa shape index (κ3) is 9.84. The molecule has 1 atom stereocenters. The maximum atomic E-state index is 15.2. The Labute approximate surface area is 354 Å². The van der Waals surface area contributed by atoms with E-state index in [1.54, 1.807) is 0 Å². The monoisotopic (exact) mass is 813 g/mol. The van der Waals surface area contributed by atoms with Crippen molar-refractivity contribution in [1.29, 1.82) is 0 Å². The summed E-state index contributed by atoms with van der Waals surface area (Å²) in [5.41, 5.74) is -4.47. The lowest BCUT2D eigenvalue weighted by Gasteiger charge is -2.58. The third-order valence-electron chi connectivity index (χ3n) is 15.4. The van der Waals surface area contributed by atoms with E-state index in [4.69, 9.17) is 9.47 Å². The molecule has 2 saturated carbocycles. The first-order valence-electron chi connectivity index (χ1n) is 24.5. The second kappa shape index (κ2) is 17.8. The number of likely N-dealkylation sites (tertiary alicyclic amines) is 1. The summed E-state index contributed by atoms with van der Waals surface area (Å²) in [5, 5.41) is 16.2. The molecule has 9 heteroatoms. The summed E-state index contributed by atoms with van der Waals surface area (Å²) >= 11 is 0. The molecule has 9 nitrogen and oxygen atoms in total. The highest BCUT2D eigenvalue weighted by Gasteiger charge is 2.67. The maximum Gasteiger partial charge on any atom is 0.257 e. The molecule has 0 radical (unpaired) electrons. The van der Waals surface area contributed by atoms with Crippen molar-refractivity contribution in [3.63, 3.8) is 0 Å². The fourth-order valence-electron chi connectivity index (χ4n) is 13.9. The first-order chi connectivity index (χ1) is 27.2. The molecule has 2 amide bonds. The van der Waals surface area contributed by atoms with Crippen LogP contribution in [0.3, 0.4) is 0 Å². The second-order valence-corrected chi connectivity index (χ2v) is 22.9. The zero-order valence-corrected chi connectivity index (χ0v) is 39.0. The first-order valence-corrected chi connectivity index (χ1v) is 24.5. The number of likely N-dealkylation sites (N-methyl/N-ethyl adjacent to an activating group) is 1. The lowest BCUT2D eigenvalue weighted by Crippen LogP contribution is -2.69. The highest BCUT2D eigenvalue weighted by Crippen LogP contribution is 2.55. The fourth-order valence-corrected chi connectivity index (χ4v) is 13.9. The van der Waals surface area contributed by atoms with E-state index in [2.05, 4.69) is 77.4 Å². The number of aliphatic hydroxyl groups is 1. The molecule has 4 spiro atoms. The number of β-amino-alcohol motifs (C(OH)–C–C–N with tert-alkyl or cyclic N) is 1. The van der Waals surface area contributed by atoms with Gasteiger partial charge in [0.15, 0.2) is 11.2 Å². The summed E-state index contributed by atoms with van der Waals surface area (Å²) in [6, 6.07) is 0. The van der Waals surface area contributed by atoms with Crippen LogP contribution in [0.15, 0.2) is 0 Å². The largest absolute Gasteiger partial charge is 0.390 e. The van der Waals surface area contributed by atoms with Crippen LogP contribution in [0.1, 0.15) is 229 Å². The van der Waals surface area contributed by atoms with E-state index in [9.17, 15) is 9.90 Å². The average Bonchev–Trinajstić information content (AvgIpc) is 3.43. The predicted molar refractivity (Wildman–Crippen MR) is 234 cm³/mol. The number of rotatable bonds is 5. The van der Waals surface area contributed by atoms with E-state index in [1.807, 2.05) is 4.90 Å². The Bertz CT molecular complexity index is 1350. The van der Waals surface area contributed by atoms with Crippen LogP contribution in [0.25, 0.3) is 0 Å². The Kier molecular flexibility index (Phi) is 14.2. The third-order valence-corrected chi connectivity index (χ3v) is 15.4. The molecule has 1 unspecified atom stereocenters. The van der Waals surface area contributed by atoms with Gasteiger partial charge in [0.2, 0.25) is 0 Å². The summed E-state index contributed by atoms with van der Waals surface area (Å²) < 4.78 is 14.9. The summed E-state index contributed by atoms with van der Waals surface area (Å²) in [4.78, 5) is 36.7. The standard InChI is InChI=1S/C49H88N4O5/c1-10-51-40(55)47(58-48(51)29-25-21-17-13-11-14-18-22-26-30-48)37-44(6,7)53(45(8,9)38-47)34-39(54)33-52-41(56)46(35-42(2,3)50-43(4,5)36-46)57-49(52)31-27-23-19-15-12-16-20-24-28-32-49/h39,50,54H,10-38H2,1-9H3. The van der Waals surface area contributed by atoms with Gasteiger partial charge in [-0.05, 0) is 114 Å². The summed E-state index contributed by atoms with van der Waals surface area (Å²) in [7, 11) is 0. The number of carbonyl (C=O) groups excluding carboxylic acids is 2. The molecule has 4 aliphatic heterocycles. The molecular formula is C49H88N4O5. The minimum atomic E-state index is -0.917. The number of nitrogens with one attached hydrogen (secondary N) is 1. The quantitative estimate of drug-likeness (QED) is 0.286. The molecule has 6 aliphatic rings. The SMILES string of the molecule is CCN1C(=O)C2(CC(C)(C)N(CC(O)CN3C(=O)C4(CC(C)(C)NC(C)(C)C4)OC34CCCCCCCCCCC4)C(C)(C)C2)OC12CCCCCCCCCCC2. The van der Waals surface area contributed by atoms with Crippen LogP contribution in [0.5, 0.6) is 0 Å². The van der Waals surface area contributed by atoms with Gasteiger partial charge in [-0.1, -0.05) is 89.9 Å². The molecular weight excluding hydrogens is 725 g/mol. The molecule has 0 aromatic rings. The second-order valence-electron chi connectivity index (χ2n) is 22.9. The number of carbonyl (C=O) groups is 2. The normalized spacial score (nSPS) is 30.8. The van der Waals surface area contributed by atoms with Crippen LogP contribution in [0.2, 0.25) is 0 Å². The summed E-state index contributed by atoms with van der Waals surface area (Å²) in [5.74, 6) is 0.246. The highest BCUT2D eigenvalue weighted by atomic mass is 16.6. The number of ether oxygens (including phenoxy) is 2. The average molecular weight is 813 g/mol. The zero-order valence-electron chi connectivity index (χ0n) is 39.0. The zero-order chi connectivity index (χ0) is 42.1. The number of hydrogen-bond acceptors (Lipinski definition) is 7. The van der Waals surface area contributed by atoms with E-state index in [0.29, 0.717) is 38.8 Å². The molecule has 2 aliphatic carbocycles. The molecule has 6 rings (SSSR count). The number of nitrogens with zero attached hydrogens (tertiary/aromatic N) is 3. The van der Waals surface area contributed by atoms with Crippen LogP contribution in [0, 0.1) is 0 Å². The van der Waals surface area contributed by atoms with E-state index in [1.165, 1.54) is 77.0 Å². The van der Waals surface area contributed by atoms with Gasteiger partial charge in [0.05, 0.1) is 12.6 Å². The highest BCUT2D eigenvalue weighted by molar-refractivity contribution is 5.89. The van der Waals surface area contributed by atoms with Gasteiger partial charge in [-0.3, -0.25) is 14.5 Å². The topological polar surface area (TPSA) is 94.6 Å². The lowest BCUT2D eigenvalue weighted by atomic mass is 9.70. The van der Waals surface area contributed by atoms with Crippen molar-refractivity contribution in [2.45, 2.75) is 280 Å². The Balaban J connectivity index is 1.25. The van der Waals surface area contributed by atoms with Crippen molar-refractivity contribution in [2.75, 3.05) is 19.6 Å². The number of hydrogen-bond donors (Lipinski definition) is 2. The number of amides is 2. The molecule has 0 bridgehead atoms. The molecule has 58 heavy (non-hydrogen) atoms. The maximum absolute atomic E-state index is 15.2. The minimum absolute atomic E-state index is 0.0735. The Morgan fingerprint density at radius 1 is 0.517 bits per heavy atom. The van der Waals surface area contributed by atoms with Crippen LogP contribution >= 0.6 is 0 Å². The van der Waals surface area contributed by atoms with Crippen molar-refractivity contribution >= 4 is 11.8 Å². The fraction of sp³-hybridized carbons (Fsp3) is 0.959. The molecule has 0 aromatic carbocycles. The number of aliphatic hydroxyl groups excluding tert-OH is 1. The van der Waals surface area contributed by atoms with Crippen molar-refractivity contribution in [2.24, 2.45) is 0 Å². The molecule has 334 valence electrons. The molecule has 6 fully saturated rings. The number of piperidine rings is 2. The van der Waals surface area contributed by atoms with Gasteiger partial charge in [0.25, 0.3) is 11.8 Å². The first kappa shape index (κ1) is 46.2. The Morgan fingerprint density at radius 3 is 1.22 bits per heavy atom. The van der Waals surface area contributed by atoms with Gasteiger partial charge < -0.3 is 29.7 Å². The van der Waals surface area contributed by atoms with E-state index < -0.39 is 39.8 Å². The van der Waals surface area contributed by atoms with E-state index in [-0.39, 0.29) is 29.4 Å². The van der Waals surface area contributed by atoms with Gasteiger partial charge in [-0.2, -0.15) is 0 Å². The van der Waals surface area contributed by atoms with Gasteiger partial charge in [-0.25, -0.2) is 0 Å².